The summed E-state index contributed by atoms with van der Waals surface area (Å²) >= 11 is 11.7. The van der Waals surface area contributed by atoms with Gasteiger partial charge in [-0.3, -0.25) is 5.32 Å². The number of halogens is 5. The molecule has 0 saturated heterocycles. The van der Waals surface area contributed by atoms with Crippen molar-refractivity contribution in [3.63, 3.8) is 0 Å². The fourth-order valence-corrected chi connectivity index (χ4v) is 2.51. The van der Waals surface area contributed by atoms with Crippen LogP contribution in [0.25, 0.3) is 0 Å². The highest BCUT2D eigenvalue weighted by molar-refractivity contribution is 6.34. The largest absolute Gasteiger partial charge is 0.462 e. The van der Waals surface area contributed by atoms with Crippen LogP contribution in [0.1, 0.15) is 11.6 Å². The molecular weight excluding hydrogens is 384 g/mol. The molecule has 0 unspecified atom stereocenters. The molecule has 136 valence electrons. The number of nitrogens with zero attached hydrogens (tertiary/aromatic N) is 3. The smallest absolute Gasteiger partial charge is 0.401 e. The molecular formula is C14H13Cl2F3N4O2. The minimum atomic E-state index is -4.50. The molecule has 0 aliphatic carbocycles. The molecule has 2 rings (SSSR count). The fraction of sp³-hybridized carbons (Fsp3) is 0.357. The first-order valence-electron chi connectivity index (χ1n) is 7.00. The summed E-state index contributed by atoms with van der Waals surface area (Å²) in [5.74, 6) is -0.886. The Morgan fingerprint density at radius 2 is 1.96 bits per heavy atom. The summed E-state index contributed by atoms with van der Waals surface area (Å²) in [6.07, 6.45) is -1.77. The monoisotopic (exact) mass is 396 g/mol. The maximum Gasteiger partial charge on any atom is 0.401 e. The number of esters is 1. The average molecular weight is 397 g/mol. The third-order valence-electron chi connectivity index (χ3n) is 2.99. The van der Waals surface area contributed by atoms with Crippen molar-refractivity contribution in [2.75, 3.05) is 13.2 Å². The van der Waals surface area contributed by atoms with Gasteiger partial charge in [-0.2, -0.15) is 18.3 Å². The predicted octanol–water partition coefficient (Wildman–Crippen LogP) is 3.02. The Hall–Kier alpha value is -1.84. The fourth-order valence-electron chi connectivity index (χ4n) is 1.97. The highest BCUT2D eigenvalue weighted by Gasteiger charge is 2.31. The topological polar surface area (TPSA) is 69.0 Å². The normalized spacial score (nSPS) is 12.8. The average Bonchev–Trinajstić information content (AvgIpc) is 2.98. The summed E-state index contributed by atoms with van der Waals surface area (Å²) < 4.78 is 44.0. The van der Waals surface area contributed by atoms with E-state index in [1.165, 1.54) is 35.5 Å². The molecule has 1 aromatic heterocycles. The molecule has 0 aliphatic heterocycles. The molecule has 0 amide bonds. The van der Waals surface area contributed by atoms with Crippen molar-refractivity contribution >= 4 is 29.2 Å². The van der Waals surface area contributed by atoms with Crippen LogP contribution in [0.3, 0.4) is 0 Å². The van der Waals surface area contributed by atoms with E-state index >= 15 is 0 Å². The first-order chi connectivity index (χ1) is 11.7. The molecule has 0 aliphatic rings. The number of alkyl halides is 3. The van der Waals surface area contributed by atoms with Crippen LogP contribution in [0.5, 0.6) is 0 Å². The molecule has 1 N–H and O–H groups in total. The summed E-state index contributed by atoms with van der Waals surface area (Å²) in [5, 5.41) is 6.33. The molecule has 6 nitrogen and oxygen atoms in total. The van der Waals surface area contributed by atoms with Gasteiger partial charge in [0.2, 0.25) is 0 Å². The Balaban J connectivity index is 2.07. The Bertz CT molecular complexity index is 690. The number of nitrogens with one attached hydrogen (secondary N) is 1. The lowest BCUT2D eigenvalue weighted by Gasteiger charge is -2.19. The van der Waals surface area contributed by atoms with Gasteiger partial charge in [-0.05, 0) is 23.8 Å². The summed E-state index contributed by atoms with van der Waals surface area (Å²) in [5.41, 5.74) is 0.174. The summed E-state index contributed by atoms with van der Waals surface area (Å²) in [6.45, 7) is -1.24. The maximum atomic E-state index is 12.5. The molecule has 0 fully saturated rings. The van der Waals surface area contributed by atoms with Crippen molar-refractivity contribution in [2.24, 2.45) is 0 Å². The second kappa shape index (κ2) is 8.50. The minimum absolute atomic E-state index is 0.0826. The van der Waals surface area contributed by atoms with E-state index in [9.17, 15) is 18.0 Å². The molecule has 1 atom stereocenters. The van der Waals surface area contributed by atoms with Gasteiger partial charge in [-0.25, -0.2) is 14.5 Å². The predicted molar refractivity (Wildman–Crippen MR) is 84.2 cm³/mol. The summed E-state index contributed by atoms with van der Waals surface area (Å²) in [4.78, 5) is 16.0. The number of aromatic nitrogens is 3. The second-order valence-corrected chi connectivity index (χ2v) is 5.83. The highest BCUT2D eigenvalue weighted by atomic mass is 35.5. The van der Waals surface area contributed by atoms with Crippen LogP contribution in [0.2, 0.25) is 10.0 Å². The number of hydrogen-bond acceptors (Lipinski definition) is 5. The van der Waals surface area contributed by atoms with Crippen molar-refractivity contribution in [2.45, 2.75) is 18.8 Å². The number of carbonyl (C=O) groups excluding carboxylic acids is 1. The van der Waals surface area contributed by atoms with Gasteiger partial charge in [0.25, 0.3) is 0 Å². The molecule has 0 radical (unpaired) electrons. The van der Waals surface area contributed by atoms with E-state index < -0.39 is 24.7 Å². The van der Waals surface area contributed by atoms with Crippen molar-refractivity contribution in [1.82, 2.24) is 20.1 Å². The number of rotatable bonds is 7. The van der Waals surface area contributed by atoms with Crippen LogP contribution in [0.4, 0.5) is 13.2 Å². The van der Waals surface area contributed by atoms with Crippen LogP contribution in [-0.2, 0) is 16.1 Å². The van der Waals surface area contributed by atoms with E-state index in [1.807, 2.05) is 0 Å². The van der Waals surface area contributed by atoms with E-state index in [0.717, 1.165) is 0 Å². The van der Waals surface area contributed by atoms with Gasteiger partial charge in [-0.15, -0.1) is 0 Å². The minimum Gasteiger partial charge on any atom is -0.462 e. The van der Waals surface area contributed by atoms with Gasteiger partial charge in [-0.1, -0.05) is 23.2 Å². The quantitative estimate of drug-likeness (QED) is 0.728. The molecule has 0 saturated carbocycles. The Morgan fingerprint density at radius 3 is 2.52 bits per heavy atom. The van der Waals surface area contributed by atoms with Crippen LogP contribution in [0.15, 0.2) is 30.9 Å². The van der Waals surface area contributed by atoms with E-state index in [4.69, 9.17) is 27.9 Å². The van der Waals surface area contributed by atoms with Crippen molar-refractivity contribution in [3.8, 4) is 0 Å². The zero-order chi connectivity index (χ0) is 18.4. The Kier molecular flexibility index (Phi) is 6.63. The van der Waals surface area contributed by atoms with E-state index in [-0.39, 0.29) is 28.8 Å². The second-order valence-electron chi connectivity index (χ2n) is 4.96. The molecule has 0 bridgehead atoms. The molecule has 11 heteroatoms. The number of ether oxygens (including phenoxy) is 1. The molecule has 1 aromatic carbocycles. The van der Waals surface area contributed by atoms with Crippen LogP contribution in [0, 0.1) is 0 Å². The zero-order valence-electron chi connectivity index (χ0n) is 12.6. The molecule has 2 aromatic rings. The van der Waals surface area contributed by atoms with Gasteiger partial charge in [0, 0.05) is 10.0 Å². The van der Waals surface area contributed by atoms with Crippen LogP contribution >= 0.6 is 23.2 Å². The van der Waals surface area contributed by atoms with Gasteiger partial charge in [0.05, 0.1) is 13.1 Å². The van der Waals surface area contributed by atoms with E-state index in [1.54, 1.807) is 0 Å². The third kappa shape index (κ3) is 6.52. The van der Waals surface area contributed by atoms with E-state index in [0.29, 0.717) is 0 Å². The molecule has 0 spiro atoms. The third-order valence-corrected chi connectivity index (χ3v) is 3.43. The molecule has 1 heterocycles. The van der Waals surface area contributed by atoms with Crippen molar-refractivity contribution < 1.29 is 22.7 Å². The van der Waals surface area contributed by atoms with Crippen molar-refractivity contribution in [1.29, 1.82) is 0 Å². The maximum absolute atomic E-state index is 12.5. The van der Waals surface area contributed by atoms with Crippen LogP contribution < -0.4 is 5.32 Å². The lowest BCUT2D eigenvalue weighted by molar-refractivity contribution is -0.149. The number of benzene rings is 1. The van der Waals surface area contributed by atoms with Gasteiger partial charge < -0.3 is 4.74 Å². The Labute approximate surface area is 150 Å². The first kappa shape index (κ1) is 19.5. The van der Waals surface area contributed by atoms with E-state index in [2.05, 4.69) is 15.4 Å². The first-order valence-corrected chi connectivity index (χ1v) is 7.75. The van der Waals surface area contributed by atoms with Gasteiger partial charge in [0.15, 0.2) is 0 Å². The molecule has 25 heavy (non-hydrogen) atoms. The number of hydrogen-bond donors (Lipinski definition) is 1. The van der Waals surface area contributed by atoms with Gasteiger partial charge in [0.1, 0.15) is 25.3 Å². The van der Waals surface area contributed by atoms with Crippen LogP contribution in [-0.4, -0.2) is 40.1 Å². The van der Waals surface area contributed by atoms with Crippen molar-refractivity contribution in [3.05, 3.63) is 46.5 Å². The summed E-state index contributed by atoms with van der Waals surface area (Å²) in [6, 6.07) is 2.73. The number of carbonyl (C=O) groups is 1. The zero-order valence-corrected chi connectivity index (χ0v) is 14.1. The highest BCUT2D eigenvalue weighted by Crippen LogP contribution is 2.25. The van der Waals surface area contributed by atoms with Gasteiger partial charge >= 0.3 is 12.1 Å². The summed E-state index contributed by atoms with van der Waals surface area (Å²) in [7, 11) is 0. The SMILES string of the molecule is O=C(OCCn1cncn1)[C@H](NCC(F)(F)F)c1cc(Cl)cc(Cl)c1. The standard InChI is InChI=1S/C14H13Cl2F3N4O2/c15-10-3-9(4-11(16)5-10)12(21-6-14(17,18)19)13(24)25-2-1-23-8-20-7-22-23/h3-5,7-8,12,21H,1-2,6H2/t12-/m1/s1. The lowest BCUT2D eigenvalue weighted by atomic mass is 10.1. The lowest BCUT2D eigenvalue weighted by Crippen LogP contribution is -2.37. The Morgan fingerprint density at radius 1 is 1.28 bits per heavy atom.